The minimum atomic E-state index is -0.228. The summed E-state index contributed by atoms with van der Waals surface area (Å²) < 4.78 is 17.1. The third-order valence-electron chi connectivity index (χ3n) is 3.85. The smallest absolute Gasteiger partial charge is 0.214 e. The Bertz CT molecular complexity index is 934. The summed E-state index contributed by atoms with van der Waals surface area (Å²) in [6.45, 7) is 0. The van der Waals surface area contributed by atoms with Crippen LogP contribution in [-0.4, -0.2) is 14.0 Å². The quantitative estimate of drug-likeness (QED) is 0.544. The van der Waals surface area contributed by atoms with Gasteiger partial charge < -0.3 is 4.57 Å². The zero-order chi connectivity index (χ0) is 15.1. The van der Waals surface area contributed by atoms with Crippen molar-refractivity contribution >= 4 is 5.78 Å². The van der Waals surface area contributed by atoms with Gasteiger partial charge in [0.1, 0.15) is 5.82 Å². The van der Waals surface area contributed by atoms with Gasteiger partial charge in [-0.2, -0.15) is 0 Å². The van der Waals surface area contributed by atoms with Crippen molar-refractivity contribution in [3.63, 3.8) is 0 Å². The highest BCUT2D eigenvalue weighted by atomic mass is 19.1. The predicted molar refractivity (Wildman–Crippen MR) is 85.0 cm³/mol. The molecule has 0 saturated carbocycles. The lowest BCUT2D eigenvalue weighted by molar-refractivity contribution is 0.628. The Labute approximate surface area is 127 Å². The molecule has 0 bridgehead atoms. The Hall–Kier alpha value is -2.88. The number of benzene rings is 2. The maximum Gasteiger partial charge on any atom is 0.214 e. The zero-order valence-corrected chi connectivity index (χ0v) is 12.1. The number of fused-ring (bicyclic) bond motifs is 1. The van der Waals surface area contributed by atoms with E-state index in [4.69, 9.17) is 4.98 Å². The fourth-order valence-electron chi connectivity index (χ4n) is 2.69. The summed E-state index contributed by atoms with van der Waals surface area (Å²) in [5.74, 6) is 0.632. The van der Waals surface area contributed by atoms with Crippen LogP contribution >= 0.6 is 0 Å². The van der Waals surface area contributed by atoms with Crippen LogP contribution in [0.1, 0.15) is 0 Å². The maximum absolute atomic E-state index is 13.1. The van der Waals surface area contributed by atoms with E-state index in [1.807, 2.05) is 58.7 Å². The molecule has 2 heterocycles. The third-order valence-corrected chi connectivity index (χ3v) is 3.85. The van der Waals surface area contributed by atoms with Crippen molar-refractivity contribution in [2.45, 2.75) is 0 Å². The van der Waals surface area contributed by atoms with Crippen molar-refractivity contribution < 1.29 is 4.39 Å². The van der Waals surface area contributed by atoms with Gasteiger partial charge in [0.2, 0.25) is 5.78 Å². The molecule has 108 valence electrons. The van der Waals surface area contributed by atoms with Crippen LogP contribution in [0.3, 0.4) is 0 Å². The Balaban J connectivity index is 1.82. The first kappa shape index (κ1) is 12.8. The summed E-state index contributed by atoms with van der Waals surface area (Å²) in [5, 5.41) is 0. The SMILES string of the molecule is Cn1c(-c2ccc(F)cc2)cn2cc(-c3ccccc3)nc12. The molecular formula is C18H14FN3. The van der Waals surface area contributed by atoms with Gasteiger partial charge in [-0.15, -0.1) is 0 Å². The molecule has 0 fully saturated rings. The molecule has 0 spiro atoms. The molecule has 22 heavy (non-hydrogen) atoms. The van der Waals surface area contributed by atoms with Crippen LogP contribution in [0.5, 0.6) is 0 Å². The topological polar surface area (TPSA) is 22.2 Å². The Morgan fingerprint density at radius 1 is 0.864 bits per heavy atom. The van der Waals surface area contributed by atoms with Crippen molar-refractivity contribution in [2.75, 3.05) is 0 Å². The Morgan fingerprint density at radius 3 is 2.27 bits per heavy atom. The van der Waals surface area contributed by atoms with Crippen LogP contribution in [0.25, 0.3) is 28.3 Å². The Morgan fingerprint density at radius 2 is 1.59 bits per heavy atom. The van der Waals surface area contributed by atoms with Crippen molar-refractivity contribution in [3.05, 3.63) is 72.8 Å². The molecule has 0 amide bonds. The number of imidazole rings is 2. The molecule has 0 N–H and O–H groups in total. The molecule has 4 aromatic rings. The molecule has 4 rings (SSSR count). The summed E-state index contributed by atoms with van der Waals surface area (Å²) in [4.78, 5) is 4.70. The fourth-order valence-corrected chi connectivity index (χ4v) is 2.69. The molecule has 0 aliphatic carbocycles. The first-order valence-corrected chi connectivity index (χ1v) is 7.08. The maximum atomic E-state index is 13.1. The normalized spacial score (nSPS) is 11.2. The molecule has 0 saturated heterocycles. The molecule has 2 aromatic carbocycles. The van der Waals surface area contributed by atoms with E-state index >= 15 is 0 Å². The minimum Gasteiger partial charge on any atom is -0.313 e. The highest BCUT2D eigenvalue weighted by Gasteiger charge is 2.12. The summed E-state index contributed by atoms with van der Waals surface area (Å²) in [6, 6.07) is 16.6. The molecule has 4 heteroatoms. The van der Waals surface area contributed by atoms with E-state index in [9.17, 15) is 4.39 Å². The number of rotatable bonds is 2. The van der Waals surface area contributed by atoms with Gasteiger partial charge in [-0.3, -0.25) is 4.40 Å². The predicted octanol–water partition coefficient (Wildman–Crippen LogP) is 4.15. The van der Waals surface area contributed by atoms with E-state index in [1.165, 1.54) is 12.1 Å². The average Bonchev–Trinajstić information content (AvgIpc) is 3.09. The number of hydrogen-bond donors (Lipinski definition) is 0. The molecule has 0 unspecified atom stereocenters. The second-order valence-corrected chi connectivity index (χ2v) is 5.28. The largest absolute Gasteiger partial charge is 0.313 e. The van der Waals surface area contributed by atoms with E-state index in [0.717, 1.165) is 28.3 Å². The number of aryl methyl sites for hydroxylation is 1. The fraction of sp³-hybridized carbons (Fsp3) is 0.0556. The standard InChI is InChI=1S/C18H14FN3/c1-21-17(14-7-9-15(19)10-8-14)12-22-11-16(20-18(21)22)13-5-3-2-4-6-13/h2-12H,1H3. The first-order chi connectivity index (χ1) is 10.7. The molecular weight excluding hydrogens is 277 g/mol. The van der Waals surface area contributed by atoms with E-state index in [0.29, 0.717) is 0 Å². The van der Waals surface area contributed by atoms with Crippen LogP contribution < -0.4 is 0 Å². The molecule has 3 nitrogen and oxygen atoms in total. The Kier molecular flexibility index (Phi) is 2.82. The highest BCUT2D eigenvalue weighted by Crippen LogP contribution is 2.25. The van der Waals surface area contributed by atoms with Gasteiger partial charge in [-0.05, 0) is 29.8 Å². The number of nitrogens with zero attached hydrogens (tertiary/aromatic N) is 3. The van der Waals surface area contributed by atoms with Crippen LogP contribution in [0.15, 0.2) is 67.0 Å². The monoisotopic (exact) mass is 291 g/mol. The van der Waals surface area contributed by atoms with Gasteiger partial charge >= 0.3 is 0 Å². The summed E-state index contributed by atoms with van der Waals surface area (Å²) in [5.41, 5.74) is 4.00. The van der Waals surface area contributed by atoms with E-state index in [2.05, 4.69) is 0 Å². The summed E-state index contributed by atoms with van der Waals surface area (Å²) in [7, 11) is 1.97. The van der Waals surface area contributed by atoms with Crippen molar-refractivity contribution in [2.24, 2.45) is 7.05 Å². The molecule has 2 aromatic heterocycles. The number of halogens is 1. The van der Waals surface area contributed by atoms with Crippen LogP contribution in [0.2, 0.25) is 0 Å². The zero-order valence-electron chi connectivity index (χ0n) is 12.1. The van der Waals surface area contributed by atoms with Crippen molar-refractivity contribution in [3.8, 4) is 22.5 Å². The van der Waals surface area contributed by atoms with Crippen LogP contribution in [0.4, 0.5) is 4.39 Å². The highest BCUT2D eigenvalue weighted by molar-refractivity contribution is 5.66. The third kappa shape index (κ3) is 2.00. The lowest BCUT2D eigenvalue weighted by Crippen LogP contribution is -1.92. The van der Waals surface area contributed by atoms with Crippen LogP contribution in [-0.2, 0) is 7.05 Å². The second-order valence-electron chi connectivity index (χ2n) is 5.28. The van der Waals surface area contributed by atoms with Gasteiger partial charge in [0, 0.05) is 25.0 Å². The van der Waals surface area contributed by atoms with E-state index < -0.39 is 0 Å². The van der Waals surface area contributed by atoms with Gasteiger partial charge in [0.15, 0.2) is 0 Å². The minimum absolute atomic E-state index is 0.228. The van der Waals surface area contributed by atoms with Gasteiger partial charge in [-0.25, -0.2) is 9.37 Å². The van der Waals surface area contributed by atoms with E-state index in [1.54, 1.807) is 12.1 Å². The van der Waals surface area contributed by atoms with Crippen LogP contribution in [0, 0.1) is 5.82 Å². The van der Waals surface area contributed by atoms with Gasteiger partial charge in [0.25, 0.3) is 0 Å². The number of hydrogen-bond acceptors (Lipinski definition) is 1. The van der Waals surface area contributed by atoms with Gasteiger partial charge in [-0.1, -0.05) is 30.3 Å². The summed E-state index contributed by atoms with van der Waals surface area (Å²) >= 11 is 0. The molecule has 0 aliphatic heterocycles. The summed E-state index contributed by atoms with van der Waals surface area (Å²) in [6.07, 6.45) is 4.03. The first-order valence-electron chi connectivity index (χ1n) is 7.08. The average molecular weight is 291 g/mol. The number of aromatic nitrogens is 3. The second kappa shape index (κ2) is 4.84. The molecule has 0 radical (unpaired) electrons. The van der Waals surface area contributed by atoms with Crippen molar-refractivity contribution in [1.29, 1.82) is 0 Å². The van der Waals surface area contributed by atoms with Crippen molar-refractivity contribution in [1.82, 2.24) is 14.0 Å². The van der Waals surface area contributed by atoms with E-state index in [-0.39, 0.29) is 5.82 Å². The molecule has 0 aliphatic rings. The lowest BCUT2D eigenvalue weighted by Gasteiger charge is -2.02. The van der Waals surface area contributed by atoms with Gasteiger partial charge in [0.05, 0.1) is 11.4 Å². The lowest BCUT2D eigenvalue weighted by atomic mass is 10.1. The molecule has 0 atom stereocenters.